The zero-order chi connectivity index (χ0) is 12.3. The second kappa shape index (κ2) is 5.78. The number of hydrogen-bond donors (Lipinski definition) is 0. The third-order valence-electron chi connectivity index (χ3n) is 3.11. The van der Waals surface area contributed by atoms with Gasteiger partial charge in [-0.2, -0.15) is 0 Å². The van der Waals surface area contributed by atoms with Crippen LogP contribution in [0.3, 0.4) is 0 Å². The minimum Gasteiger partial charge on any atom is -0.481 e. The van der Waals surface area contributed by atoms with E-state index < -0.39 is 0 Å². The molecule has 0 N–H and O–H groups in total. The molecular formula is C12H17BrN2O2. The molecule has 0 aromatic carbocycles. The molecule has 1 aliphatic rings. The largest absolute Gasteiger partial charge is 0.481 e. The molecule has 2 heterocycles. The molecule has 0 amide bonds. The molecule has 0 spiro atoms. The Hall–Kier alpha value is -0.680. The monoisotopic (exact) mass is 300 g/mol. The lowest BCUT2D eigenvalue weighted by Crippen LogP contribution is -2.27. The fourth-order valence-corrected chi connectivity index (χ4v) is 3.10. The van der Waals surface area contributed by atoms with Gasteiger partial charge in [0.2, 0.25) is 5.88 Å². The maximum absolute atomic E-state index is 5.73. The van der Waals surface area contributed by atoms with Crippen LogP contribution in [-0.4, -0.2) is 34.6 Å². The van der Waals surface area contributed by atoms with Gasteiger partial charge in [0.1, 0.15) is 6.33 Å². The molecule has 0 saturated carbocycles. The molecule has 0 bridgehead atoms. The molecular weight excluding hydrogens is 284 g/mol. The van der Waals surface area contributed by atoms with Crippen molar-refractivity contribution in [3.8, 4) is 5.88 Å². The first-order valence-electron chi connectivity index (χ1n) is 5.81. The number of halogens is 1. The van der Waals surface area contributed by atoms with Gasteiger partial charge in [-0.1, -0.05) is 22.9 Å². The lowest BCUT2D eigenvalue weighted by molar-refractivity contribution is 0.0932. The van der Waals surface area contributed by atoms with Crippen molar-refractivity contribution in [2.24, 2.45) is 5.92 Å². The molecule has 1 aliphatic heterocycles. The van der Waals surface area contributed by atoms with E-state index in [-0.39, 0.29) is 6.10 Å². The summed E-state index contributed by atoms with van der Waals surface area (Å²) in [7, 11) is 1.61. The van der Waals surface area contributed by atoms with E-state index in [1.165, 1.54) is 6.33 Å². The number of methoxy groups -OCH3 is 1. The maximum Gasteiger partial charge on any atom is 0.216 e. The Balaban J connectivity index is 1.99. The fourth-order valence-electron chi connectivity index (χ4n) is 2.10. The van der Waals surface area contributed by atoms with Crippen molar-refractivity contribution < 1.29 is 9.47 Å². The van der Waals surface area contributed by atoms with Gasteiger partial charge in [-0.05, 0) is 12.3 Å². The quantitative estimate of drug-likeness (QED) is 0.800. The van der Waals surface area contributed by atoms with Crippen LogP contribution in [0.1, 0.15) is 19.0 Å². The van der Waals surface area contributed by atoms with Crippen LogP contribution in [0.2, 0.25) is 0 Å². The topological polar surface area (TPSA) is 44.2 Å². The Labute approximate surface area is 110 Å². The van der Waals surface area contributed by atoms with Gasteiger partial charge in [0.05, 0.1) is 13.2 Å². The van der Waals surface area contributed by atoms with Crippen LogP contribution < -0.4 is 4.74 Å². The van der Waals surface area contributed by atoms with Crippen molar-refractivity contribution in [2.45, 2.75) is 30.7 Å². The highest BCUT2D eigenvalue weighted by Gasteiger charge is 2.30. The second-order valence-corrected chi connectivity index (χ2v) is 5.55. The van der Waals surface area contributed by atoms with Crippen LogP contribution in [0.5, 0.6) is 5.88 Å². The van der Waals surface area contributed by atoms with Gasteiger partial charge in [0.25, 0.3) is 0 Å². The van der Waals surface area contributed by atoms with Crippen molar-refractivity contribution in [3.63, 3.8) is 0 Å². The summed E-state index contributed by atoms with van der Waals surface area (Å²) in [5.74, 6) is 1.21. The highest BCUT2D eigenvalue weighted by Crippen LogP contribution is 2.28. The van der Waals surface area contributed by atoms with E-state index in [1.54, 1.807) is 7.11 Å². The van der Waals surface area contributed by atoms with Crippen molar-refractivity contribution >= 4 is 15.9 Å². The third-order valence-corrected chi connectivity index (χ3v) is 3.96. The number of ether oxygens (including phenoxy) is 2. The predicted molar refractivity (Wildman–Crippen MR) is 68.5 cm³/mol. The summed E-state index contributed by atoms with van der Waals surface area (Å²) in [5.41, 5.74) is 0.974. The summed E-state index contributed by atoms with van der Waals surface area (Å²) in [6, 6.07) is 1.87. The molecule has 0 aliphatic carbocycles. The SMILES string of the molecule is COc1cc(CC(Br)C2OCCC2C)ncn1. The average molecular weight is 301 g/mol. The summed E-state index contributed by atoms with van der Waals surface area (Å²) in [4.78, 5) is 8.54. The minimum atomic E-state index is 0.274. The molecule has 4 nitrogen and oxygen atoms in total. The smallest absolute Gasteiger partial charge is 0.216 e. The van der Waals surface area contributed by atoms with E-state index in [4.69, 9.17) is 9.47 Å². The summed E-state index contributed by atoms with van der Waals surface area (Å²) in [6.45, 7) is 3.09. The Morgan fingerprint density at radius 3 is 3.06 bits per heavy atom. The Kier molecular flexibility index (Phi) is 4.34. The van der Waals surface area contributed by atoms with E-state index in [0.29, 0.717) is 16.6 Å². The van der Waals surface area contributed by atoms with E-state index in [2.05, 4.69) is 32.8 Å². The Bertz CT molecular complexity index is 375. The summed E-state index contributed by atoms with van der Waals surface area (Å²) < 4.78 is 10.8. The molecule has 17 heavy (non-hydrogen) atoms. The number of aromatic nitrogens is 2. The van der Waals surface area contributed by atoms with E-state index in [9.17, 15) is 0 Å². The highest BCUT2D eigenvalue weighted by atomic mass is 79.9. The molecule has 94 valence electrons. The zero-order valence-corrected chi connectivity index (χ0v) is 11.7. The molecule has 1 aromatic heterocycles. The van der Waals surface area contributed by atoms with Crippen LogP contribution in [0.15, 0.2) is 12.4 Å². The first-order valence-corrected chi connectivity index (χ1v) is 6.73. The Morgan fingerprint density at radius 1 is 1.59 bits per heavy atom. The van der Waals surface area contributed by atoms with Crippen LogP contribution >= 0.6 is 15.9 Å². The van der Waals surface area contributed by atoms with Crippen molar-refractivity contribution in [1.29, 1.82) is 0 Å². The lowest BCUT2D eigenvalue weighted by Gasteiger charge is -2.20. The van der Waals surface area contributed by atoms with E-state index in [1.807, 2.05) is 6.07 Å². The average Bonchev–Trinajstić information content (AvgIpc) is 2.76. The van der Waals surface area contributed by atoms with Gasteiger partial charge in [-0.15, -0.1) is 0 Å². The Morgan fingerprint density at radius 2 is 2.41 bits per heavy atom. The molecule has 1 fully saturated rings. The van der Waals surface area contributed by atoms with Gasteiger partial charge in [-0.3, -0.25) is 0 Å². The molecule has 1 aromatic rings. The van der Waals surface area contributed by atoms with E-state index in [0.717, 1.165) is 25.1 Å². The van der Waals surface area contributed by atoms with Crippen molar-refractivity contribution in [3.05, 3.63) is 18.1 Å². The minimum absolute atomic E-state index is 0.274. The number of hydrogen-bond acceptors (Lipinski definition) is 4. The number of alkyl halides is 1. The van der Waals surface area contributed by atoms with Crippen molar-refractivity contribution in [2.75, 3.05) is 13.7 Å². The second-order valence-electron chi connectivity index (χ2n) is 4.37. The molecule has 2 rings (SSSR count). The summed E-state index contributed by atoms with van der Waals surface area (Å²) >= 11 is 3.70. The van der Waals surface area contributed by atoms with Crippen LogP contribution in [-0.2, 0) is 11.2 Å². The highest BCUT2D eigenvalue weighted by molar-refractivity contribution is 9.09. The van der Waals surface area contributed by atoms with Gasteiger partial charge in [-0.25, -0.2) is 9.97 Å². The van der Waals surface area contributed by atoms with Gasteiger partial charge in [0.15, 0.2) is 0 Å². The predicted octanol–water partition coefficient (Wildman–Crippen LogP) is 2.22. The number of nitrogens with zero attached hydrogens (tertiary/aromatic N) is 2. The molecule has 3 unspecified atom stereocenters. The van der Waals surface area contributed by atoms with Crippen LogP contribution in [0.25, 0.3) is 0 Å². The normalized spacial score (nSPS) is 25.8. The third kappa shape index (κ3) is 3.16. The van der Waals surface area contributed by atoms with E-state index >= 15 is 0 Å². The molecule has 0 radical (unpaired) electrons. The molecule has 5 heteroatoms. The molecule has 3 atom stereocenters. The van der Waals surface area contributed by atoms with Crippen molar-refractivity contribution in [1.82, 2.24) is 9.97 Å². The van der Waals surface area contributed by atoms with Crippen LogP contribution in [0.4, 0.5) is 0 Å². The molecule has 1 saturated heterocycles. The van der Waals surface area contributed by atoms with Gasteiger partial charge in [0, 0.05) is 29.6 Å². The standard InChI is InChI=1S/C12H17BrN2O2/c1-8-3-4-17-12(8)10(13)5-9-6-11(16-2)15-7-14-9/h6-8,10,12H,3-5H2,1-2H3. The first kappa shape index (κ1) is 12.8. The summed E-state index contributed by atoms with van der Waals surface area (Å²) in [6.07, 6.45) is 3.77. The van der Waals surface area contributed by atoms with Gasteiger partial charge >= 0.3 is 0 Å². The zero-order valence-electron chi connectivity index (χ0n) is 10.1. The number of rotatable bonds is 4. The van der Waals surface area contributed by atoms with Crippen LogP contribution in [0, 0.1) is 5.92 Å². The lowest BCUT2D eigenvalue weighted by atomic mass is 9.99. The fraction of sp³-hybridized carbons (Fsp3) is 0.667. The van der Waals surface area contributed by atoms with Gasteiger partial charge < -0.3 is 9.47 Å². The first-order chi connectivity index (χ1) is 8.20. The maximum atomic E-state index is 5.73. The summed E-state index contributed by atoms with van der Waals surface area (Å²) in [5, 5.41) is 0.